The van der Waals surface area contributed by atoms with Gasteiger partial charge in [0.1, 0.15) is 0 Å². The van der Waals surface area contributed by atoms with Crippen molar-refractivity contribution in [1.82, 2.24) is 9.97 Å². The third-order valence-electron chi connectivity index (χ3n) is 4.47. The molecule has 0 aliphatic heterocycles. The van der Waals surface area contributed by atoms with Gasteiger partial charge in [-0.1, -0.05) is 12.1 Å². The molecule has 0 saturated carbocycles. The topological polar surface area (TPSA) is 49.8 Å². The van der Waals surface area contributed by atoms with Crippen molar-refractivity contribution in [1.29, 1.82) is 0 Å². The van der Waals surface area contributed by atoms with Crippen LogP contribution in [0, 0.1) is 13.8 Å². The van der Waals surface area contributed by atoms with E-state index in [2.05, 4.69) is 52.6 Å². The fraction of sp³-hybridized carbons (Fsp3) is 0.0952. The minimum absolute atomic E-state index is 0.543. The van der Waals surface area contributed by atoms with Crippen LogP contribution in [-0.2, 0) is 0 Å². The Labute approximate surface area is 157 Å². The summed E-state index contributed by atoms with van der Waals surface area (Å²) in [4.78, 5) is 8.99. The number of aromatic nitrogens is 2. The van der Waals surface area contributed by atoms with Crippen LogP contribution in [0.25, 0.3) is 21.8 Å². The summed E-state index contributed by atoms with van der Waals surface area (Å²) in [7, 11) is 0. The van der Waals surface area contributed by atoms with Crippen molar-refractivity contribution in [3.05, 3.63) is 72.1 Å². The fourth-order valence-electron chi connectivity index (χ4n) is 2.98. The monoisotopic (exact) mass is 358 g/mol. The molecule has 4 aromatic rings. The average Bonchev–Trinajstić information content (AvgIpc) is 2.65. The van der Waals surface area contributed by atoms with Crippen LogP contribution in [0.5, 0.6) is 0 Å². The van der Waals surface area contributed by atoms with Gasteiger partial charge in [0, 0.05) is 28.9 Å². The van der Waals surface area contributed by atoms with Gasteiger partial charge in [-0.15, -0.1) is 0 Å². The lowest BCUT2D eigenvalue weighted by Crippen LogP contribution is -2.19. The third-order valence-corrected chi connectivity index (χ3v) is 4.68. The summed E-state index contributed by atoms with van der Waals surface area (Å²) in [6.45, 7) is 4.18. The van der Waals surface area contributed by atoms with Crippen molar-refractivity contribution in [3.8, 4) is 0 Å². The molecule has 0 unspecified atom stereocenters. The molecule has 4 rings (SSSR count). The summed E-state index contributed by atoms with van der Waals surface area (Å²) in [5, 5.41) is 9.12. The molecule has 5 heteroatoms. The standard InChI is InChI=1S/C21H18N4S/c1-13-7-8-16(11-14(13)2)24-21(26)25-18-12-15-5-3-9-22-19(15)20-17(18)6-4-10-23-20/h3-12H,1-2H3,(H2,24,25,26). The van der Waals surface area contributed by atoms with Crippen molar-refractivity contribution < 1.29 is 0 Å². The van der Waals surface area contributed by atoms with Crippen LogP contribution in [0.15, 0.2) is 60.9 Å². The average molecular weight is 358 g/mol. The van der Waals surface area contributed by atoms with E-state index >= 15 is 0 Å². The molecule has 2 aromatic carbocycles. The normalized spacial score (nSPS) is 10.8. The number of pyridine rings is 2. The number of anilines is 2. The number of aryl methyl sites for hydroxylation is 2. The van der Waals surface area contributed by atoms with E-state index in [1.807, 2.05) is 30.3 Å². The molecule has 0 spiro atoms. The van der Waals surface area contributed by atoms with E-state index in [-0.39, 0.29) is 0 Å². The van der Waals surface area contributed by atoms with Crippen molar-refractivity contribution >= 4 is 50.5 Å². The lowest BCUT2D eigenvalue weighted by atomic mass is 10.1. The minimum atomic E-state index is 0.543. The number of nitrogens with zero attached hydrogens (tertiary/aromatic N) is 2. The second kappa shape index (κ2) is 6.69. The quantitative estimate of drug-likeness (QED) is 0.380. The summed E-state index contributed by atoms with van der Waals surface area (Å²) in [6.07, 6.45) is 3.57. The zero-order chi connectivity index (χ0) is 18.1. The van der Waals surface area contributed by atoms with Gasteiger partial charge in [0.25, 0.3) is 0 Å². The number of hydrogen-bond acceptors (Lipinski definition) is 3. The molecule has 0 radical (unpaired) electrons. The summed E-state index contributed by atoms with van der Waals surface area (Å²) in [5.41, 5.74) is 6.12. The molecule has 0 amide bonds. The second-order valence-electron chi connectivity index (χ2n) is 6.28. The van der Waals surface area contributed by atoms with Crippen LogP contribution in [0.3, 0.4) is 0 Å². The number of fused-ring (bicyclic) bond motifs is 3. The van der Waals surface area contributed by atoms with E-state index in [4.69, 9.17) is 12.2 Å². The van der Waals surface area contributed by atoms with Crippen LogP contribution in [0.2, 0.25) is 0 Å². The molecule has 0 aliphatic rings. The Hall–Kier alpha value is -3.05. The number of thiocarbonyl (C=S) groups is 1. The first-order valence-electron chi connectivity index (χ1n) is 8.39. The highest BCUT2D eigenvalue weighted by Gasteiger charge is 2.09. The Morgan fingerprint density at radius 3 is 2.42 bits per heavy atom. The highest BCUT2D eigenvalue weighted by molar-refractivity contribution is 7.80. The van der Waals surface area contributed by atoms with Crippen LogP contribution in [0.4, 0.5) is 11.4 Å². The van der Waals surface area contributed by atoms with Crippen LogP contribution in [-0.4, -0.2) is 15.1 Å². The van der Waals surface area contributed by atoms with E-state index in [0.29, 0.717) is 5.11 Å². The number of rotatable bonds is 2. The first kappa shape index (κ1) is 16.4. The number of benzene rings is 2. The zero-order valence-corrected chi connectivity index (χ0v) is 15.4. The molecule has 0 bridgehead atoms. The Morgan fingerprint density at radius 1 is 0.846 bits per heavy atom. The van der Waals surface area contributed by atoms with E-state index in [1.54, 1.807) is 12.4 Å². The maximum Gasteiger partial charge on any atom is 0.175 e. The Kier molecular flexibility index (Phi) is 4.22. The lowest BCUT2D eigenvalue weighted by Gasteiger charge is -2.14. The van der Waals surface area contributed by atoms with E-state index in [9.17, 15) is 0 Å². The molecule has 26 heavy (non-hydrogen) atoms. The van der Waals surface area contributed by atoms with E-state index < -0.39 is 0 Å². The Balaban J connectivity index is 1.69. The SMILES string of the molecule is Cc1ccc(NC(=S)Nc2cc3cccnc3c3ncccc23)cc1C. The summed E-state index contributed by atoms with van der Waals surface area (Å²) < 4.78 is 0. The van der Waals surface area contributed by atoms with Gasteiger partial charge in [0.05, 0.1) is 16.7 Å². The maximum atomic E-state index is 5.52. The molecular formula is C21H18N4S. The first-order valence-corrected chi connectivity index (χ1v) is 8.80. The second-order valence-corrected chi connectivity index (χ2v) is 6.69. The predicted molar refractivity (Wildman–Crippen MR) is 113 cm³/mol. The molecule has 0 saturated heterocycles. The van der Waals surface area contributed by atoms with Crippen molar-refractivity contribution in [2.45, 2.75) is 13.8 Å². The van der Waals surface area contributed by atoms with Gasteiger partial charge in [-0.25, -0.2) is 0 Å². The van der Waals surface area contributed by atoms with Gasteiger partial charge in [-0.2, -0.15) is 0 Å². The van der Waals surface area contributed by atoms with Gasteiger partial charge in [0.2, 0.25) is 0 Å². The van der Waals surface area contributed by atoms with Crippen molar-refractivity contribution in [2.24, 2.45) is 0 Å². The van der Waals surface area contributed by atoms with Crippen LogP contribution >= 0.6 is 12.2 Å². The summed E-state index contributed by atoms with van der Waals surface area (Å²) >= 11 is 5.52. The van der Waals surface area contributed by atoms with E-state index in [0.717, 1.165) is 33.2 Å². The van der Waals surface area contributed by atoms with Crippen molar-refractivity contribution in [2.75, 3.05) is 10.6 Å². The molecule has 4 nitrogen and oxygen atoms in total. The smallest absolute Gasteiger partial charge is 0.175 e. The molecule has 0 aliphatic carbocycles. The first-order chi connectivity index (χ1) is 12.6. The highest BCUT2D eigenvalue weighted by atomic mass is 32.1. The number of nitrogens with one attached hydrogen (secondary N) is 2. The van der Waals surface area contributed by atoms with Gasteiger partial charge in [-0.05, 0) is 73.6 Å². The summed E-state index contributed by atoms with van der Waals surface area (Å²) in [5.74, 6) is 0. The molecule has 0 atom stereocenters. The predicted octanol–water partition coefficient (Wildman–Crippen LogP) is 5.21. The van der Waals surface area contributed by atoms with Crippen LogP contribution < -0.4 is 10.6 Å². The Bertz CT molecular complexity index is 1140. The van der Waals surface area contributed by atoms with E-state index in [1.165, 1.54) is 11.1 Å². The molecule has 2 aromatic heterocycles. The van der Waals surface area contributed by atoms with Gasteiger partial charge in [-0.3, -0.25) is 9.97 Å². The lowest BCUT2D eigenvalue weighted by molar-refractivity contribution is 1.34. The number of hydrogen-bond donors (Lipinski definition) is 2. The summed E-state index contributed by atoms with van der Waals surface area (Å²) in [6, 6.07) is 16.2. The molecule has 2 N–H and O–H groups in total. The minimum Gasteiger partial charge on any atom is -0.332 e. The zero-order valence-electron chi connectivity index (χ0n) is 14.6. The molecule has 128 valence electrons. The Morgan fingerprint density at radius 2 is 1.62 bits per heavy atom. The molecule has 0 fully saturated rings. The van der Waals surface area contributed by atoms with Gasteiger partial charge >= 0.3 is 0 Å². The molecule has 2 heterocycles. The largest absolute Gasteiger partial charge is 0.332 e. The van der Waals surface area contributed by atoms with Gasteiger partial charge < -0.3 is 10.6 Å². The fourth-order valence-corrected chi connectivity index (χ4v) is 3.21. The van der Waals surface area contributed by atoms with Gasteiger partial charge in [0.15, 0.2) is 5.11 Å². The van der Waals surface area contributed by atoms with Crippen molar-refractivity contribution in [3.63, 3.8) is 0 Å². The third kappa shape index (κ3) is 3.09. The van der Waals surface area contributed by atoms with Crippen LogP contribution in [0.1, 0.15) is 11.1 Å². The maximum absolute atomic E-state index is 5.52. The highest BCUT2D eigenvalue weighted by Crippen LogP contribution is 2.29. The molecular weight excluding hydrogens is 340 g/mol.